The number of hydrogen-bond donors (Lipinski definition) is 0. The van der Waals surface area contributed by atoms with Gasteiger partial charge in [0.2, 0.25) is 0 Å². The lowest BCUT2D eigenvalue weighted by Gasteiger charge is -2.13. The zero-order valence-electron chi connectivity index (χ0n) is 8.15. The number of esters is 1. The summed E-state index contributed by atoms with van der Waals surface area (Å²) in [7, 11) is 0. The van der Waals surface area contributed by atoms with Gasteiger partial charge in [-0.25, -0.2) is 0 Å². The van der Waals surface area contributed by atoms with Gasteiger partial charge < -0.3 is 4.74 Å². The monoisotopic (exact) mass is 212 g/mol. The maximum absolute atomic E-state index is 10.9. The first-order valence-electron chi connectivity index (χ1n) is 4.29. The van der Waals surface area contributed by atoms with Gasteiger partial charge in [0, 0.05) is 18.2 Å². The zero-order chi connectivity index (χ0) is 10.6. The van der Waals surface area contributed by atoms with E-state index < -0.39 is 6.10 Å². The fraction of sp³-hybridized carbons (Fsp3) is 0.400. The van der Waals surface area contributed by atoms with Crippen molar-refractivity contribution in [1.82, 2.24) is 0 Å². The molecule has 0 radical (unpaired) electrons. The Bertz CT molecular complexity index is 300. The van der Waals surface area contributed by atoms with Crippen LogP contribution in [0.25, 0.3) is 0 Å². The van der Waals surface area contributed by atoms with Gasteiger partial charge in [-0.1, -0.05) is 6.07 Å². The molecule has 1 unspecified atom stereocenters. The van der Waals surface area contributed by atoms with E-state index in [1.54, 1.807) is 0 Å². The largest absolute Gasteiger partial charge is 0.456 e. The molecule has 0 fully saturated rings. The van der Waals surface area contributed by atoms with E-state index in [0.717, 1.165) is 4.88 Å². The summed E-state index contributed by atoms with van der Waals surface area (Å²) in [4.78, 5) is 22.7. The summed E-state index contributed by atoms with van der Waals surface area (Å²) in [6.45, 7) is 2.84. The maximum atomic E-state index is 10.9. The fourth-order valence-corrected chi connectivity index (χ4v) is 1.89. The summed E-state index contributed by atoms with van der Waals surface area (Å²) in [6, 6.07) is 3.73. The van der Waals surface area contributed by atoms with E-state index in [1.807, 2.05) is 17.5 Å². The number of hydrogen-bond acceptors (Lipinski definition) is 4. The Morgan fingerprint density at radius 3 is 2.64 bits per heavy atom. The predicted octanol–water partition coefficient (Wildman–Crippen LogP) is 2.33. The van der Waals surface area contributed by atoms with E-state index in [1.165, 1.54) is 25.2 Å². The van der Waals surface area contributed by atoms with Crippen molar-refractivity contribution in [3.8, 4) is 0 Å². The number of thiophene rings is 1. The van der Waals surface area contributed by atoms with E-state index in [-0.39, 0.29) is 18.2 Å². The van der Waals surface area contributed by atoms with Crippen molar-refractivity contribution >= 4 is 23.1 Å². The van der Waals surface area contributed by atoms with Crippen LogP contribution >= 0.6 is 11.3 Å². The number of rotatable bonds is 4. The van der Waals surface area contributed by atoms with Crippen LogP contribution in [0.4, 0.5) is 0 Å². The smallest absolute Gasteiger partial charge is 0.303 e. The third-order valence-electron chi connectivity index (χ3n) is 1.64. The topological polar surface area (TPSA) is 43.4 Å². The van der Waals surface area contributed by atoms with E-state index in [2.05, 4.69) is 0 Å². The van der Waals surface area contributed by atoms with Crippen molar-refractivity contribution in [2.75, 3.05) is 0 Å². The molecule has 0 bridgehead atoms. The van der Waals surface area contributed by atoms with Gasteiger partial charge in [0.25, 0.3) is 0 Å². The second-order valence-corrected chi connectivity index (χ2v) is 4.00. The van der Waals surface area contributed by atoms with Gasteiger partial charge in [-0.15, -0.1) is 11.3 Å². The first-order chi connectivity index (χ1) is 6.59. The van der Waals surface area contributed by atoms with Crippen molar-refractivity contribution in [2.24, 2.45) is 0 Å². The summed E-state index contributed by atoms with van der Waals surface area (Å²) in [5.74, 6) is -0.339. The standard InChI is InChI=1S/C10H12O3S/c1-7(11)6-9(13-8(2)12)10-4-3-5-14-10/h3-5,9H,6H2,1-2H3. The maximum Gasteiger partial charge on any atom is 0.303 e. The van der Waals surface area contributed by atoms with Gasteiger partial charge in [-0.05, 0) is 18.4 Å². The molecule has 0 aliphatic heterocycles. The number of ketones is 1. The van der Waals surface area contributed by atoms with Gasteiger partial charge >= 0.3 is 5.97 Å². The molecule has 0 aromatic carbocycles. The highest BCUT2D eigenvalue weighted by molar-refractivity contribution is 7.10. The minimum atomic E-state index is -0.412. The Morgan fingerprint density at radius 2 is 2.21 bits per heavy atom. The molecule has 1 aromatic rings. The quantitative estimate of drug-likeness (QED) is 0.719. The molecule has 76 valence electrons. The molecule has 0 aliphatic rings. The third kappa shape index (κ3) is 3.30. The summed E-state index contributed by atoms with van der Waals surface area (Å²) >= 11 is 1.49. The molecule has 1 aromatic heterocycles. The number of Topliss-reactive ketones (excluding diaryl/α,β-unsaturated/α-hetero) is 1. The minimum absolute atomic E-state index is 0.0182. The van der Waals surface area contributed by atoms with E-state index in [4.69, 9.17) is 4.74 Å². The van der Waals surface area contributed by atoms with Crippen LogP contribution < -0.4 is 0 Å². The Balaban J connectivity index is 2.71. The van der Waals surface area contributed by atoms with Crippen LogP contribution in [0, 0.1) is 0 Å². The summed E-state index contributed by atoms with van der Waals surface area (Å²) in [6.07, 6.45) is -0.162. The van der Waals surface area contributed by atoms with Crippen molar-refractivity contribution in [3.63, 3.8) is 0 Å². The number of carbonyl (C=O) groups excluding carboxylic acids is 2. The van der Waals surface area contributed by atoms with Crippen LogP contribution in [-0.2, 0) is 14.3 Å². The van der Waals surface area contributed by atoms with Gasteiger partial charge in [0.05, 0.1) is 0 Å². The predicted molar refractivity (Wildman–Crippen MR) is 54.1 cm³/mol. The summed E-state index contributed by atoms with van der Waals surface area (Å²) in [5.41, 5.74) is 0. The molecule has 0 saturated heterocycles. The first kappa shape index (κ1) is 10.9. The van der Waals surface area contributed by atoms with Crippen molar-refractivity contribution in [3.05, 3.63) is 22.4 Å². The molecule has 14 heavy (non-hydrogen) atoms. The molecular weight excluding hydrogens is 200 g/mol. The average molecular weight is 212 g/mol. The van der Waals surface area contributed by atoms with Crippen LogP contribution in [-0.4, -0.2) is 11.8 Å². The van der Waals surface area contributed by atoms with Crippen molar-refractivity contribution < 1.29 is 14.3 Å². The third-order valence-corrected chi connectivity index (χ3v) is 2.61. The second kappa shape index (κ2) is 4.91. The molecular formula is C10H12O3S. The van der Waals surface area contributed by atoms with Crippen molar-refractivity contribution in [1.29, 1.82) is 0 Å². The highest BCUT2D eigenvalue weighted by atomic mass is 32.1. The SMILES string of the molecule is CC(=O)CC(OC(C)=O)c1cccs1. The average Bonchev–Trinajstić information content (AvgIpc) is 2.52. The van der Waals surface area contributed by atoms with E-state index >= 15 is 0 Å². The molecule has 1 heterocycles. The second-order valence-electron chi connectivity index (χ2n) is 3.02. The van der Waals surface area contributed by atoms with Gasteiger partial charge in [0.1, 0.15) is 11.9 Å². The first-order valence-corrected chi connectivity index (χ1v) is 5.17. The Kier molecular flexibility index (Phi) is 3.83. The van der Waals surface area contributed by atoms with E-state index in [0.29, 0.717) is 0 Å². The highest BCUT2D eigenvalue weighted by Crippen LogP contribution is 2.25. The lowest BCUT2D eigenvalue weighted by molar-refractivity contribution is -0.147. The number of ether oxygens (including phenoxy) is 1. The van der Waals surface area contributed by atoms with Crippen LogP contribution in [0.1, 0.15) is 31.2 Å². The Hall–Kier alpha value is -1.16. The van der Waals surface area contributed by atoms with Gasteiger partial charge in [-0.2, -0.15) is 0 Å². The molecule has 0 N–H and O–H groups in total. The lowest BCUT2D eigenvalue weighted by atomic mass is 10.1. The van der Waals surface area contributed by atoms with E-state index in [9.17, 15) is 9.59 Å². The summed E-state index contributed by atoms with van der Waals surface area (Å²) < 4.78 is 5.06. The molecule has 0 amide bonds. The van der Waals surface area contributed by atoms with Gasteiger partial charge in [-0.3, -0.25) is 9.59 Å². The van der Waals surface area contributed by atoms with Crippen LogP contribution in [0.3, 0.4) is 0 Å². The molecule has 0 spiro atoms. The Labute approximate surface area is 86.7 Å². The molecule has 1 rings (SSSR count). The lowest BCUT2D eigenvalue weighted by Crippen LogP contribution is -2.10. The molecule has 0 aliphatic carbocycles. The van der Waals surface area contributed by atoms with Gasteiger partial charge in [0.15, 0.2) is 0 Å². The van der Waals surface area contributed by atoms with Crippen LogP contribution in [0.15, 0.2) is 17.5 Å². The molecule has 3 nitrogen and oxygen atoms in total. The van der Waals surface area contributed by atoms with Crippen molar-refractivity contribution in [2.45, 2.75) is 26.4 Å². The molecule has 1 atom stereocenters. The number of carbonyl (C=O) groups is 2. The minimum Gasteiger partial charge on any atom is -0.456 e. The van der Waals surface area contributed by atoms with Crippen LogP contribution in [0.5, 0.6) is 0 Å². The Morgan fingerprint density at radius 1 is 1.50 bits per heavy atom. The van der Waals surface area contributed by atoms with Crippen LogP contribution in [0.2, 0.25) is 0 Å². The zero-order valence-corrected chi connectivity index (χ0v) is 8.97. The molecule has 4 heteroatoms. The highest BCUT2D eigenvalue weighted by Gasteiger charge is 2.17. The summed E-state index contributed by atoms with van der Waals surface area (Å²) in [5, 5.41) is 1.89. The normalized spacial score (nSPS) is 12.1. The fourth-order valence-electron chi connectivity index (χ4n) is 1.14. The molecule has 0 saturated carbocycles.